The standard InChI is InChI=1S/C12H22O3S/c1-5-6-7-10(12(14)15-4)11(13)8-16-9(2)3/h9-10H,5-8H2,1-4H3. The molecule has 0 saturated heterocycles. The molecule has 1 unspecified atom stereocenters. The van der Waals surface area contributed by atoms with Crippen LogP contribution >= 0.6 is 11.8 Å². The maximum Gasteiger partial charge on any atom is 0.316 e. The molecule has 0 aliphatic rings. The summed E-state index contributed by atoms with van der Waals surface area (Å²) in [6.45, 7) is 6.12. The third-order valence-corrected chi connectivity index (χ3v) is 3.40. The molecule has 1 atom stereocenters. The number of rotatable bonds is 8. The van der Waals surface area contributed by atoms with Crippen LogP contribution in [0.4, 0.5) is 0 Å². The van der Waals surface area contributed by atoms with Crippen LogP contribution in [0.15, 0.2) is 0 Å². The summed E-state index contributed by atoms with van der Waals surface area (Å²) in [5.74, 6) is -0.542. The maximum atomic E-state index is 11.8. The summed E-state index contributed by atoms with van der Waals surface area (Å²) in [5.41, 5.74) is 0. The van der Waals surface area contributed by atoms with Gasteiger partial charge in [-0.15, -0.1) is 0 Å². The van der Waals surface area contributed by atoms with Gasteiger partial charge in [-0.25, -0.2) is 0 Å². The molecule has 16 heavy (non-hydrogen) atoms. The number of methoxy groups -OCH3 is 1. The lowest BCUT2D eigenvalue weighted by molar-refractivity contribution is -0.149. The molecule has 0 aliphatic carbocycles. The first kappa shape index (κ1) is 15.5. The van der Waals surface area contributed by atoms with Gasteiger partial charge in [0.05, 0.1) is 12.9 Å². The van der Waals surface area contributed by atoms with Gasteiger partial charge in [-0.1, -0.05) is 33.6 Å². The number of ketones is 1. The Morgan fingerprint density at radius 2 is 1.94 bits per heavy atom. The van der Waals surface area contributed by atoms with Crippen molar-refractivity contribution in [3.05, 3.63) is 0 Å². The Morgan fingerprint density at radius 1 is 1.31 bits per heavy atom. The molecule has 0 bridgehead atoms. The monoisotopic (exact) mass is 246 g/mol. The quantitative estimate of drug-likeness (QED) is 0.488. The van der Waals surface area contributed by atoms with Crippen molar-refractivity contribution in [1.29, 1.82) is 0 Å². The molecule has 3 nitrogen and oxygen atoms in total. The highest BCUT2D eigenvalue weighted by Gasteiger charge is 2.26. The smallest absolute Gasteiger partial charge is 0.316 e. The van der Waals surface area contributed by atoms with Crippen molar-refractivity contribution in [3.8, 4) is 0 Å². The molecular formula is C12H22O3S. The van der Waals surface area contributed by atoms with Gasteiger partial charge in [0.1, 0.15) is 5.92 Å². The van der Waals surface area contributed by atoms with Crippen LogP contribution in [0.3, 0.4) is 0 Å². The zero-order valence-corrected chi connectivity index (χ0v) is 11.4. The highest BCUT2D eigenvalue weighted by molar-refractivity contribution is 8.00. The number of hydrogen-bond donors (Lipinski definition) is 0. The Morgan fingerprint density at radius 3 is 2.38 bits per heavy atom. The number of carbonyl (C=O) groups is 2. The molecule has 94 valence electrons. The minimum absolute atomic E-state index is 0.000926. The molecule has 0 N–H and O–H groups in total. The van der Waals surface area contributed by atoms with E-state index in [4.69, 9.17) is 0 Å². The summed E-state index contributed by atoms with van der Waals surface area (Å²) in [5, 5.41) is 0.411. The second-order valence-electron chi connectivity index (χ2n) is 4.04. The number of Topliss-reactive ketones (excluding diaryl/α,β-unsaturated/α-hetero) is 1. The Kier molecular flexibility index (Phi) is 8.35. The number of esters is 1. The first-order valence-corrected chi connectivity index (χ1v) is 6.79. The van der Waals surface area contributed by atoms with Crippen LogP contribution in [0.1, 0.15) is 40.0 Å². The molecule has 0 aromatic rings. The van der Waals surface area contributed by atoms with Crippen LogP contribution < -0.4 is 0 Å². The minimum atomic E-state index is -0.559. The molecule has 0 radical (unpaired) electrons. The van der Waals surface area contributed by atoms with Gasteiger partial charge in [-0.05, 0) is 11.7 Å². The lowest BCUT2D eigenvalue weighted by Gasteiger charge is -2.13. The summed E-state index contributed by atoms with van der Waals surface area (Å²) in [4.78, 5) is 23.3. The molecule has 0 heterocycles. The Bertz CT molecular complexity index is 226. The van der Waals surface area contributed by atoms with E-state index in [0.717, 1.165) is 12.8 Å². The zero-order valence-electron chi connectivity index (χ0n) is 10.6. The molecule has 0 spiro atoms. The summed E-state index contributed by atoms with van der Waals surface area (Å²) in [7, 11) is 1.34. The van der Waals surface area contributed by atoms with Gasteiger partial charge in [-0.2, -0.15) is 11.8 Å². The third-order valence-electron chi connectivity index (χ3n) is 2.28. The van der Waals surface area contributed by atoms with Crippen LogP contribution in [0.25, 0.3) is 0 Å². The van der Waals surface area contributed by atoms with E-state index in [1.165, 1.54) is 7.11 Å². The van der Waals surface area contributed by atoms with Gasteiger partial charge >= 0.3 is 5.97 Å². The van der Waals surface area contributed by atoms with E-state index >= 15 is 0 Å². The van der Waals surface area contributed by atoms with E-state index in [-0.39, 0.29) is 11.8 Å². The van der Waals surface area contributed by atoms with Gasteiger partial charge in [0.15, 0.2) is 5.78 Å². The van der Waals surface area contributed by atoms with Crippen molar-refractivity contribution in [1.82, 2.24) is 0 Å². The topological polar surface area (TPSA) is 43.4 Å². The average Bonchev–Trinajstić information content (AvgIpc) is 2.26. The molecule has 0 fully saturated rings. The lowest BCUT2D eigenvalue weighted by Crippen LogP contribution is -2.27. The number of unbranched alkanes of at least 4 members (excludes halogenated alkanes) is 1. The van der Waals surface area contributed by atoms with Gasteiger partial charge in [0, 0.05) is 0 Å². The van der Waals surface area contributed by atoms with E-state index in [9.17, 15) is 9.59 Å². The first-order valence-electron chi connectivity index (χ1n) is 5.75. The van der Waals surface area contributed by atoms with E-state index in [1.54, 1.807) is 11.8 Å². The summed E-state index contributed by atoms with van der Waals surface area (Å²) >= 11 is 1.57. The fourth-order valence-corrected chi connectivity index (χ4v) is 2.01. The first-order chi connectivity index (χ1) is 7.52. The molecular weight excluding hydrogens is 224 g/mol. The molecule has 0 saturated carbocycles. The maximum absolute atomic E-state index is 11.8. The van der Waals surface area contributed by atoms with Crippen molar-refractivity contribution in [3.63, 3.8) is 0 Å². The molecule has 0 aromatic heterocycles. The van der Waals surface area contributed by atoms with Crippen molar-refractivity contribution in [2.45, 2.75) is 45.3 Å². The fraction of sp³-hybridized carbons (Fsp3) is 0.833. The second-order valence-corrected chi connectivity index (χ2v) is 5.61. The fourth-order valence-electron chi connectivity index (χ4n) is 1.31. The average molecular weight is 246 g/mol. The normalized spacial score (nSPS) is 12.6. The van der Waals surface area contributed by atoms with Crippen LogP contribution in [0.2, 0.25) is 0 Å². The van der Waals surface area contributed by atoms with Gasteiger partial charge < -0.3 is 4.74 Å². The summed E-state index contributed by atoms with van der Waals surface area (Å²) < 4.78 is 4.67. The van der Waals surface area contributed by atoms with E-state index < -0.39 is 5.92 Å². The van der Waals surface area contributed by atoms with Crippen molar-refractivity contribution < 1.29 is 14.3 Å². The summed E-state index contributed by atoms with van der Waals surface area (Å²) in [6.07, 6.45) is 2.48. The lowest BCUT2D eigenvalue weighted by atomic mass is 9.98. The summed E-state index contributed by atoms with van der Waals surface area (Å²) in [6, 6.07) is 0. The number of ether oxygens (including phenoxy) is 1. The van der Waals surface area contributed by atoms with Gasteiger partial charge in [-0.3, -0.25) is 9.59 Å². The molecule has 4 heteroatoms. The van der Waals surface area contributed by atoms with E-state index in [2.05, 4.69) is 4.74 Å². The van der Waals surface area contributed by atoms with Crippen LogP contribution in [0.5, 0.6) is 0 Å². The highest BCUT2D eigenvalue weighted by Crippen LogP contribution is 2.17. The van der Waals surface area contributed by atoms with Crippen LogP contribution in [-0.2, 0) is 14.3 Å². The SMILES string of the molecule is CCCCC(C(=O)CSC(C)C)C(=O)OC. The Labute approximate surface area is 102 Å². The number of carbonyl (C=O) groups excluding carboxylic acids is 2. The third kappa shape index (κ3) is 6.16. The second kappa shape index (κ2) is 8.62. The molecule has 0 aromatic carbocycles. The van der Waals surface area contributed by atoms with Crippen LogP contribution in [-0.4, -0.2) is 29.9 Å². The Balaban J connectivity index is 4.26. The van der Waals surface area contributed by atoms with Crippen LogP contribution in [0, 0.1) is 5.92 Å². The largest absolute Gasteiger partial charge is 0.468 e. The molecule has 0 rings (SSSR count). The van der Waals surface area contributed by atoms with Crippen molar-refractivity contribution in [2.75, 3.05) is 12.9 Å². The minimum Gasteiger partial charge on any atom is -0.468 e. The Hall–Kier alpha value is -0.510. The predicted octanol–water partition coefficient (Wildman–Crippen LogP) is 2.68. The van der Waals surface area contributed by atoms with E-state index in [1.807, 2.05) is 20.8 Å². The van der Waals surface area contributed by atoms with Gasteiger partial charge in [0.2, 0.25) is 0 Å². The predicted molar refractivity (Wildman–Crippen MR) is 67.6 cm³/mol. The van der Waals surface area contributed by atoms with E-state index in [0.29, 0.717) is 17.4 Å². The van der Waals surface area contributed by atoms with Crippen molar-refractivity contribution in [2.24, 2.45) is 5.92 Å². The number of thioether (sulfide) groups is 1. The van der Waals surface area contributed by atoms with Crippen molar-refractivity contribution >= 4 is 23.5 Å². The molecule has 0 amide bonds. The highest BCUT2D eigenvalue weighted by atomic mass is 32.2. The number of hydrogen-bond acceptors (Lipinski definition) is 4. The zero-order chi connectivity index (χ0) is 12.6. The van der Waals surface area contributed by atoms with Gasteiger partial charge in [0.25, 0.3) is 0 Å². The molecule has 0 aliphatic heterocycles.